The maximum Gasteiger partial charge on any atom is 0.174 e. The van der Waals surface area contributed by atoms with E-state index in [1.807, 2.05) is 30.3 Å². The van der Waals surface area contributed by atoms with E-state index in [1.165, 1.54) is 0 Å². The first-order chi connectivity index (χ1) is 10.6. The van der Waals surface area contributed by atoms with Crippen molar-refractivity contribution in [2.75, 3.05) is 19.0 Å². The second-order valence-electron chi connectivity index (χ2n) is 4.82. The molecule has 0 atom stereocenters. The Balaban J connectivity index is 2.13. The van der Waals surface area contributed by atoms with Gasteiger partial charge < -0.3 is 14.8 Å². The number of halogens is 2. The number of nitrogens with one attached hydrogen (secondary N) is 1. The van der Waals surface area contributed by atoms with Crippen LogP contribution in [0.2, 0.25) is 5.02 Å². The fourth-order valence-corrected chi connectivity index (χ4v) is 3.03. The third-order valence-corrected chi connectivity index (χ3v) is 4.10. The highest BCUT2D eigenvalue weighted by atomic mass is 127. The number of benzene rings is 2. The molecule has 3 nitrogen and oxygen atoms in total. The minimum atomic E-state index is 0.687. The van der Waals surface area contributed by atoms with Crippen LogP contribution in [0.4, 0.5) is 5.69 Å². The van der Waals surface area contributed by atoms with Gasteiger partial charge in [0.05, 0.1) is 17.3 Å². The van der Waals surface area contributed by atoms with Gasteiger partial charge in [0.2, 0.25) is 0 Å². The number of hydrogen-bond donors (Lipinski definition) is 1. The Labute approximate surface area is 150 Å². The van der Waals surface area contributed by atoms with Crippen molar-refractivity contribution in [1.82, 2.24) is 0 Å². The highest BCUT2D eigenvalue weighted by Crippen LogP contribution is 2.34. The summed E-state index contributed by atoms with van der Waals surface area (Å²) in [5.41, 5.74) is 2.12. The molecule has 0 aromatic heterocycles. The summed E-state index contributed by atoms with van der Waals surface area (Å²) >= 11 is 8.27. The Morgan fingerprint density at radius 3 is 2.73 bits per heavy atom. The minimum Gasteiger partial charge on any atom is -0.493 e. The Kier molecular flexibility index (Phi) is 6.64. The van der Waals surface area contributed by atoms with Gasteiger partial charge >= 0.3 is 0 Å². The quantitative estimate of drug-likeness (QED) is 0.599. The van der Waals surface area contributed by atoms with Crippen LogP contribution < -0.4 is 14.8 Å². The van der Waals surface area contributed by atoms with Gasteiger partial charge in [-0.1, -0.05) is 24.6 Å². The van der Waals surface area contributed by atoms with E-state index in [4.69, 9.17) is 21.1 Å². The molecule has 0 unspecified atom stereocenters. The predicted molar refractivity (Wildman–Crippen MR) is 100 cm³/mol. The number of methoxy groups -OCH3 is 1. The summed E-state index contributed by atoms with van der Waals surface area (Å²) in [6.45, 7) is 3.47. The lowest BCUT2D eigenvalue weighted by Crippen LogP contribution is -2.04. The molecule has 0 heterocycles. The van der Waals surface area contributed by atoms with Gasteiger partial charge in [0.25, 0.3) is 0 Å². The Morgan fingerprint density at radius 2 is 2.05 bits per heavy atom. The molecule has 2 rings (SSSR count). The average molecular weight is 432 g/mol. The molecule has 0 aliphatic carbocycles. The van der Waals surface area contributed by atoms with Crippen molar-refractivity contribution in [3.8, 4) is 11.5 Å². The van der Waals surface area contributed by atoms with Crippen molar-refractivity contribution in [3.63, 3.8) is 0 Å². The lowest BCUT2D eigenvalue weighted by atomic mass is 10.2. The van der Waals surface area contributed by atoms with Crippen LogP contribution in [0.1, 0.15) is 18.9 Å². The molecule has 0 radical (unpaired) electrons. The fourth-order valence-electron chi connectivity index (χ4n) is 2.02. The van der Waals surface area contributed by atoms with Crippen molar-refractivity contribution in [1.29, 1.82) is 0 Å². The second-order valence-corrected chi connectivity index (χ2v) is 6.42. The Bertz CT molecular complexity index is 634. The van der Waals surface area contributed by atoms with Gasteiger partial charge in [-0.05, 0) is 64.9 Å². The molecule has 0 aliphatic rings. The predicted octanol–water partition coefficient (Wildman–Crippen LogP) is 5.35. The molecule has 0 saturated carbocycles. The first-order valence-electron chi connectivity index (χ1n) is 7.12. The third-order valence-electron chi connectivity index (χ3n) is 3.06. The van der Waals surface area contributed by atoms with E-state index in [2.05, 4.69) is 40.9 Å². The van der Waals surface area contributed by atoms with Crippen LogP contribution in [0, 0.1) is 3.57 Å². The van der Waals surface area contributed by atoms with Crippen LogP contribution >= 0.6 is 34.2 Å². The van der Waals surface area contributed by atoms with Crippen LogP contribution in [-0.4, -0.2) is 13.7 Å². The highest BCUT2D eigenvalue weighted by Gasteiger charge is 2.11. The monoisotopic (exact) mass is 431 g/mol. The normalized spacial score (nSPS) is 10.4. The van der Waals surface area contributed by atoms with Crippen LogP contribution in [0.5, 0.6) is 11.5 Å². The van der Waals surface area contributed by atoms with Crippen molar-refractivity contribution >= 4 is 39.9 Å². The zero-order valence-corrected chi connectivity index (χ0v) is 15.6. The molecule has 22 heavy (non-hydrogen) atoms. The number of rotatable bonds is 7. The smallest absolute Gasteiger partial charge is 0.174 e. The molecule has 0 spiro atoms. The van der Waals surface area contributed by atoms with E-state index in [1.54, 1.807) is 7.11 Å². The lowest BCUT2D eigenvalue weighted by molar-refractivity contribution is 0.292. The largest absolute Gasteiger partial charge is 0.493 e. The first-order valence-corrected chi connectivity index (χ1v) is 8.58. The topological polar surface area (TPSA) is 30.5 Å². The summed E-state index contributed by atoms with van der Waals surface area (Å²) in [7, 11) is 1.67. The SMILES string of the molecule is CCCOc1c(I)cc(CNc2cccc(Cl)c2)cc1OC. The van der Waals surface area contributed by atoms with E-state index in [0.717, 1.165) is 37.8 Å². The number of ether oxygens (including phenoxy) is 2. The van der Waals surface area contributed by atoms with E-state index >= 15 is 0 Å². The van der Waals surface area contributed by atoms with Crippen LogP contribution in [0.25, 0.3) is 0 Å². The summed E-state index contributed by atoms with van der Waals surface area (Å²) in [6, 6.07) is 11.8. The fraction of sp³-hybridized carbons (Fsp3) is 0.294. The Morgan fingerprint density at radius 1 is 1.23 bits per heavy atom. The number of hydrogen-bond acceptors (Lipinski definition) is 3. The molecule has 0 bridgehead atoms. The lowest BCUT2D eigenvalue weighted by Gasteiger charge is -2.14. The maximum absolute atomic E-state index is 5.99. The summed E-state index contributed by atoms with van der Waals surface area (Å²) in [4.78, 5) is 0. The summed E-state index contributed by atoms with van der Waals surface area (Å²) in [6.07, 6.45) is 0.970. The zero-order valence-electron chi connectivity index (χ0n) is 12.7. The minimum absolute atomic E-state index is 0.687. The molecule has 2 aromatic rings. The summed E-state index contributed by atoms with van der Waals surface area (Å²) in [5, 5.41) is 4.08. The van der Waals surface area contributed by atoms with Crippen LogP contribution in [0.15, 0.2) is 36.4 Å². The standard InChI is InChI=1S/C17H19ClINO2/c1-3-7-22-17-15(19)8-12(9-16(17)21-2)11-20-14-6-4-5-13(18)10-14/h4-6,8-10,20H,3,7,11H2,1-2H3. The molecular weight excluding hydrogens is 413 g/mol. The van der Waals surface area contributed by atoms with Gasteiger partial charge in [-0.15, -0.1) is 0 Å². The van der Waals surface area contributed by atoms with Crippen LogP contribution in [-0.2, 0) is 6.54 Å². The van der Waals surface area contributed by atoms with Crippen molar-refractivity contribution in [3.05, 3.63) is 50.6 Å². The summed E-state index contributed by atoms with van der Waals surface area (Å²) < 4.78 is 12.3. The van der Waals surface area contributed by atoms with Gasteiger partial charge in [-0.3, -0.25) is 0 Å². The van der Waals surface area contributed by atoms with Gasteiger partial charge in [0, 0.05) is 17.3 Å². The molecule has 0 fully saturated rings. The van der Waals surface area contributed by atoms with Gasteiger partial charge in [0.1, 0.15) is 0 Å². The average Bonchev–Trinajstić information content (AvgIpc) is 2.51. The maximum atomic E-state index is 5.99. The van der Waals surface area contributed by atoms with Crippen molar-refractivity contribution in [2.45, 2.75) is 19.9 Å². The molecule has 1 N–H and O–H groups in total. The van der Waals surface area contributed by atoms with Gasteiger partial charge in [0.15, 0.2) is 11.5 Å². The van der Waals surface area contributed by atoms with Crippen molar-refractivity contribution < 1.29 is 9.47 Å². The molecular formula is C17H19ClINO2. The van der Waals surface area contributed by atoms with Crippen LogP contribution in [0.3, 0.4) is 0 Å². The van der Waals surface area contributed by atoms with E-state index in [9.17, 15) is 0 Å². The highest BCUT2D eigenvalue weighted by molar-refractivity contribution is 14.1. The molecule has 118 valence electrons. The molecule has 2 aromatic carbocycles. The molecule has 0 aliphatic heterocycles. The zero-order chi connectivity index (χ0) is 15.9. The molecule has 5 heteroatoms. The van der Waals surface area contributed by atoms with E-state index < -0.39 is 0 Å². The van der Waals surface area contributed by atoms with E-state index in [-0.39, 0.29) is 0 Å². The van der Waals surface area contributed by atoms with Gasteiger partial charge in [-0.25, -0.2) is 0 Å². The number of anilines is 1. The van der Waals surface area contributed by atoms with Gasteiger partial charge in [-0.2, -0.15) is 0 Å². The third kappa shape index (κ3) is 4.68. The molecule has 0 amide bonds. The first kappa shape index (κ1) is 17.2. The second kappa shape index (κ2) is 8.48. The Hall–Kier alpha value is -1.14. The van der Waals surface area contributed by atoms with Crippen molar-refractivity contribution in [2.24, 2.45) is 0 Å². The van der Waals surface area contributed by atoms with E-state index in [0.29, 0.717) is 13.2 Å². The summed E-state index contributed by atoms with van der Waals surface area (Å²) in [5.74, 6) is 1.58. The molecule has 0 saturated heterocycles.